The maximum Gasteiger partial charge on any atom is 0.314 e. The number of ether oxygens (including phenoxy) is 1. The molecule has 0 spiro atoms. The van der Waals surface area contributed by atoms with Crippen LogP contribution in [0.25, 0.3) is 0 Å². The number of benzene rings is 2. The molecule has 30 heavy (non-hydrogen) atoms. The molecular weight excluding hydrogens is 402 g/mol. The molecule has 4 N–H and O–H groups in total. The molecule has 8 heteroatoms. The van der Waals surface area contributed by atoms with E-state index in [0.29, 0.717) is 32.5 Å². The van der Waals surface area contributed by atoms with Crippen molar-refractivity contribution >= 4 is 16.1 Å². The number of nitrogens with one attached hydrogen (secondary N) is 2. The fraction of sp³-hybridized carbons (Fsp3) is 0.409. The highest BCUT2D eigenvalue weighted by Gasteiger charge is 2.13. The van der Waals surface area contributed by atoms with Crippen LogP contribution in [0.15, 0.2) is 53.4 Å². The fourth-order valence-corrected chi connectivity index (χ4v) is 3.26. The minimum Gasteiger partial charge on any atom is -0.494 e. The van der Waals surface area contributed by atoms with Crippen molar-refractivity contribution in [2.24, 2.45) is 5.14 Å². The number of carbonyl (C=O) groups excluding carboxylic acids is 1. The Hall–Kier alpha value is -2.58. The zero-order valence-corrected chi connectivity index (χ0v) is 18.6. The van der Waals surface area contributed by atoms with Gasteiger partial charge in [0.15, 0.2) is 0 Å². The second-order valence-electron chi connectivity index (χ2n) is 8.10. The molecule has 0 fully saturated rings. The third-order valence-electron chi connectivity index (χ3n) is 4.55. The molecule has 0 aliphatic rings. The Labute approximate surface area is 179 Å². The molecule has 0 saturated carbocycles. The van der Waals surface area contributed by atoms with Gasteiger partial charge in [-0.3, -0.25) is 0 Å². The van der Waals surface area contributed by atoms with Gasteiger partial charge in [0.25, 0.3) is 0 Å². The number of nitrogens with two attached hydrogens (primary N) is 1. The van der Waals surface area contributed by atoms with E-state index in [4.69, 9.17) is 9.88 Å². The van der Waals surface area contributed by atoms with Gasteiger partial charge in [-0.1, -0.05) is 45.0 Å². The third-order valence-corrected chi connectivity index (χ3v) is 5.48. The van der Waals surface area contributed by atoms with Crippen molar-refractivity contribution in [3.05, 3.63) is 59.7 Å². The molecule has 2 rings (SSSR count). The van der Waals surface area contributed by atoms with Crippen LogP contribution in [-0.2, 0) is 21.9 Å². The molecule has 7 nitrogen and oxygen atoms in total. The second kappa shape index (κ2) is 10.4. The summed E-state index contributed by atoms with van der Waals surface area (Å²) in [6, 6.07) is 14.1. The molecule has 0 aromatic heterocycles. The number of hydrogen-bond donors (Lipinski definition) is 3. The van der Waals surface area contributed by atoms with E-state index in [0.717, 1.165) is 11.3 Å². The van der Waals surface area contributed by atoms with E-state index in [-0.39, 0.29) is 16.3 Å². The maximum atomic E-state index is 11.8. The third kappa shape index (κ3) is 8.04. The van der Waals surface area contributed by atoms with Crippen molar-refractivity contribution in [2.75, 3.05) is 19.7 Å². The van der Waals surface area contributed by atoms with Crippen molar-refractivity contribution in [1.29, 1.82) is 0 Å². The number of hydrogen-bond acceptors (Lipinski definition) is 4. The first-order valence-electron chi connectivity index (χ1n) is 9.92. The van der Waals surface area contributed by atoms with Crippen LogP contribution in [0.2, 0.25) is 0 Å². The Kier molecular flexibility index (Phi) is 8.25. The predicted octanol–water partition coefficient (Wildman–Crippen LogP) is 2.94. The molecule has 0 aliphatic heterocycles. The van der Waals surface area contributed by atoms with Crippen LogP contribution < -0.4 is 20.5 Å². The van der Waals surface area contributed by atoms with Gasteiger partial charge in [-0.15, -0.1) is 0 Å². The van der Waals surface area contributed by atoms with E-state index in [1.54, 1.807) is 12.1 Å². The van der Waals surface area contributed by atoms with Crippen molar-refractivity contribution in [3.63, 3.8) is 0 Å². The summed E-state index contributed by atoms with van der Waals surface area (Å²) in [5, 5.41) is 10.6. The van der Waals surface area contributed by atoms with Crippen LogP contribution in [-0.4, -0.2) is 34.1 Å². The zero-order valence-electron chi connectivity index (χ0n) is 17.8. The Morgan fingerprint density at radius 1 is 0.967 bits per heavy atom. The van der Waals surface area contributed by atoms with E-state index in [9.17, 15) is 13.2 Å². The quantitative estimate of drug-likeness (QED) is 0.528. The zero-order chi connectivity index (χ0) is 22.2. The molecule has 2 aromatic carbocycles. The number of primary sulfonamides is 1. The first-order chi connectivity index (χ1) is 14.1. The topological polar surface area (TPSA) is 111 Å². The summed E-state index contributed by atoms with van der Waals surface area (Å²) in [6.07, 6.45) is 1.29. The highest BCUT2D eigenvalue weighted by Crippen LogP contribution is 2.24. The SMILES string of the molecule is CC(C)(C)c1ccc(OCCCNC(=O)NCCc2ccc(S(N)(=O)=O)cc2)cc1. The van der Waals surface area contributed by atoms with Gasteiger partial charge in [-0.2, -0.15) is 0 Å². The van der Waals surface area contributed by atoms with E-state index in [1.165, 1.54) is 17.7 Å². The van der Waals surface area contributed by atoms with Gasteiger partial charge in [-0.25, -0.2) is 18.4 Å². The number of amides is 2. The summed E-state index contributed by atoms with van der Waals surface area (Å²) >= 11 is 0. The second-order valence-corrected chi connectivity index (χ2v) is 9.66. The Morgan fingerprint density at radius 2 is 1.57 bits per heavy atom. The van der Waals surface area contributed by atoms with Crippen LogP contribution in [0.5, 0.6) is 5.75 Å². The lowest BCUT2D eigenvalue weighted by molar-refractivity contribution is 0.239. The first kappa shape index (κ1) is 23.7. The van der Waals surface area contributed by atoms with Gasteiger partial charge in [0.1, 0.15) is 5.75 Å². The molecule has 2 amide bonds. The van der Waals surface area contributed by atoms with E-state index < -0.39 is 10.0 Å². The molecule has 0 radical (unpaired) electrons. The average molecular weight is 434 g/mol. The standard InChI is InChI=1S/C22H31N3O4S/c1-22(2,3)18-7-9-19(10-8-18)29-16-4-14-24-21(26)25-15-13-17-5-11-20(12-6-17)30(23,27)28/h5-12H,4,13-16H2,1-3H3,(H2,23,27,28)(H2,24,25,26). The van der Waals surface area contributed by atoms with Crippen LogP contribution in [0.3, 0.4) is 0 Å². The molecule has 0 saturated heterocycles. The summed E-state index contributed by atoms with van der Waals surface area (Å²) in [5.74, 6) is 0.820. The van der Waals surface area contributed by atoms with E-state index in [2.05, 4.69) is 43.5 Å². The highest BCUT2D eigenvalue weighted by atomic mass is 32.2. The number of rotatable bonds is 9. The van der Waals surface area contributed by atoms with Crippen LogP contribution >= 0.6 is 0 Å². The molecule has 0 aliphatic carbocycles. The first-order valence-corrected chi connectivity index (χ1v) is 11.5. The Morgan fingerprint density at radius 3 is 2.13 bits per heavy atom. The van der Waals surface area contributed by atoms with Crippen molar-refractivity contribution in [2.45, 2.75) is 43.9 Å². The summed E-state index contributed by atoms with van der Waals surface area (Å²) in [4.78, 5) is 11.9. The Bertz CT molecular complexity index is 918. The Balaban J connectivity index is 1.59. The fourth-order valence-electron chi connectivity index (χ4n) is 2.74. The summed E-state index contributed by atoms with van der Waals surface area (Å²) in [6.45, 7) is 7.98. The molecule has 0 atom stereocenters. The van der Waals surface area contributed by atoms with E-state index in [1.807, 2.05) is 12.1 Å². The maximum absolute atomic E-state index is 11.8. The normalized spacial score (nSPS) is 11.7. The lowest BCUT2D eigenvalue weighted by Crippen LogP contribution is -2.37. The molecule has 2 aromatic rings. The lowest BCUT2D eigenvalue weighted by Gasteiger charge is -2.19. The van der Waals surface area contributed by atoms with Gasteiger partial charge in [0, 0.05) is 13.1 Å². The van der Waals surface area contributed by atoms with Crippen LogP contribution in [0.1, 0.15) is 38.3 Å². The number of sulfonamides is 1. The van der Waals surface area contributed by atoms with Crippen molar-refractivity contribution < 1.29 is 17.9 Å². The van der Waals surface area contributed by atoms with Gasteiger partial charge in [0.2, 0.25) is 10.0 Å². The minimum absolute atomic E-state index is 0.0734. The summed E-state index contributed by atoms with van der Waals surface area (Å²) in [5.41, 5.74) is 2.28. The predicted molar refractivity (Wildman–Crippen MR) is 118 cm³/mol. The van der Waals surface area contributed by atoms with Crippen molar-refractivity contribution in [3.8, 4) is 5.75 Å². The largest absolute Gasteiger partial charge is 0.494 e. The van der Waals surface area contributed by atoms with Gasteiger partial charge >= 0.3 is 6.03 Å². The molecule has 0 unspecified atom stereocenters. The lowest BCUT2D eigenvalue weighted by atomic mass is 9.87. The number of urea groups is 1. The van der Waals surface area contributed by atoms with Gasteiger partial charge < -0.3 is 15.4 Å². The summed E-state index contributed by atoms with van der Waals surface area (Å²) < 4.78 is 28.2. The van der Waals surface area contributed by atoms with Crippen LogP contribution in [0.4, 0.5) is 4.79 Å². The van der Waals surface area contributed by atoms with Crippen LogP contribution in [0, 0.1) is 0 Å². The highest BCUT2D eigenvalue weighted by molar-refractivity contribution is 7.89. The molecule has 164 valence electrons. The summed E-state index contributed by atoms with van der Waals surface area (Å²) in [7, 11) is -3.68. The van der Waals surface area contributed by atoms with Gasteiger partial charge in [0.05, 0.1) is 11.5 Å². The van der Waals surface area contributed by atoms with Crippen molar-refractivity contribution in [1.82, 2.24) is 10.6 Å². The minimum atomic E-state index is -3.68. The molecular formula is C22H31N3O4S. The number of carbonyl (C=O) groups is 1. The van der Waals surface area contributed by atoms with Gasteiger partial charge in [-0.05, 0) is 53.6 Å². The average Bonchev–Trinajstić information content (AvgIpc) is 2.67. The monoisotopic (exact) mass is 433 g/mol. The molecule has 0 bridgehead atoms. The van der Waals surface area contributed by atoms with E-state index >= 15 is 0 Å². The smallest absolute Gasteiger partial charge is 0.314 e. The molecule has 0 heterocycles.